The Labute approximate surface area is 224 Å². The van der Waals surface area contributed by atoms with Gasteiger partial charge in [0.15, 0.2) is 0 Å². The summed E-state index contributed by atoms with van der Waals surface area (Å²) in [4.78, 5) is 16.1. The molecule has 2 aromatic rings. The van der Waals surface area contributed by atoms with Crippen LogP contribution in [0.25, 0.3) is 0 Å². The summed E-state index contributed by atoms with van der Waals surface area (Å²) in [6, 6.07) is 0.980. The minimum absolute atomic E-state index is 0.153. The molecule has 0 bridgehead atoms. The summed E-state index contributed by atoms with van der Waals surface area (Å²) < 4.78 is 0.869. The van der Waals surface area contributed by atoms with Gasteiger partial charge in [0, 0.05) is 24.5 Å². The van der Waals surface area contributed by atoms with Gasteiger partial charge in [-0.25, -0.2) is 9.97 Å². The van der Waals surface area contributed by atoms with Crippen molar-refractivity contribution in [2.24, 2.45) is 0 Å². The smallest absolute Gasteiger partial charge is 0.224 e. The number of halogens is 3. The summed E-state index contributed by atoms with van der Waals surface area (Å²) in [5.74, 6) is 8.86. The third-order valence-corrected chi connectivity index (χ3v) is 6.20. The Hall–Kier alpha value is -2.14. The summed E-state index contributed by atoms with van der Waals surface area (Å²) in [6.45, 7) is -0.328. The zero-order valence-corrected chi connectivity index (χ0v) is 22.4. The Kier molecular flexibility index (Phi) is 13.7. The maximum Gasteiger partial charge on any atom is 0.224 e. The van der Waals surface area contributed by atoms with Crippen molar-refractivity contribution in [3.05, 3.63) is 33.0 Å². The molecule has 4 rings (SSSR count). The number of hydrogen-bond acceptors (Lipinski definition) is 8. The molecule has 0 spiro atoms. The molecule has 0 saturated heterocycles. The maximum atomic E-state index is 8.70. The summed E-state index contributed by atoms with van der Waals surface area (Å²) in [7, 11) is 0. The number of hydrogen-bond donors (Lipinski definition) is 4. The Morgan fingerprint density at radius 3 is 1.89 bits per heavy atom. The summed E-state index contributed by atoms with van der Waals surface area (Å²) >= 11 is 14.9. The third kappa shape index (κ3) is 11.0. The fourth-order valence-electron chi connectivity index (χ4n) is 3.67. The minimum atomic E-state index is -0.175. The highest BCUT2D eigenvalue weighted by atomic mass is 79.9. The lowest BCUT2D eigenvalue weighted by Gasteiger charge is -2.13. The largest absolute Gasteiger partial charge is 0.384 e. The molecule has 0 unspecified atom stereocenters. The fourth-order valence-corrected chi connectivity index (χ4v) is 4.24. The van der Waals surface area contributed by atoms with Crippen molar-refractivity contribution in [1.29, 1.82) is 0 Å². The number of nitrogens with one attached hydrogen (secondary N) is 2. The van der Waals surface area contributed by atoms with Crippen LogP contribution >= 0.6 is 39.1 Å². The lowest BCUT2D eigenvalue weighted by atomic mass is 10.2. The van der Waals surface area contributed by atoms with Gasteiger partial charge >= 0.3 is 0 Å². The standard InChI is InChI=1S/C12H14ClN3O.C9H11BrClN3.C3H4O/c13-12-14-8-9(4-3-7-17)11(16-12)15-10-5-1-2-6-10;10-7-5-12-9(11)14-8(7)13-6-3-1-2-4-6;1-2-3-4/h8,10,17H,1-2,5-7H2,(H,14,15,16);5-6H,1-4H2,(H,12,13,14);1,4H,3H2. The SMILES string of the molecule is C#CCO.Clc1ncc(Br)c(NC2CCCC2)n1.OCC#Cc1cnc(Cl)nc1NC1CCCC1. The van der Waals surface area contributed by atoms with Gasteiger partial charge < -0.3 is 20.8 Å². The van der Waals surface area contributed by atoms with Gasteiger partial charge in [-0.3, -0.25) is 0 Å². The number of aromatic nitrogens is 4. The first-order chi connectivity index (χ1) is 17.0. The molecule has 11 heteroatoms. The van der Waals surface area contributed by atoms with E-state index in [-0.39, 0.29) is 23.8 Å². The maximum absolute atomic E-state index is 8.70. The molecule has 0 aliphatic heterocycles. The van der Waals surface area contributed by atoms with Gasteiger partial charge in [-0.2, -0.15) is 9.97 Å². The highest BCUT2D eigenvalue weighted by molar-refractivity contribution is 9.10. The van der Waals surface area contributed by atoms with Crippen molar-refractivity contribution in [2.75, 3.05) is 23.8 Å². The third-order valence-electron chi connectivity index (χ3n) is 5.26. The number of rotatable bonds is 4. The average Bonchev–Trinajstić information content (AvgIpc) is 3.56. The molecule has 2 heterocycles. The molecule has 2 saturated carbocycles. The monoisotopic (exact) mass is 582 g/mol. The van der Waals surface area contributed by atoms with Crippen LogP contribution < -0.4 is 10.6 Å². The van der Waals surface area contributed by atoms with Crippen LogP contribution in [0.1, 0.15) is 56.9 Å². The minimum Gasteiger partial charge on any atom is -0.384 e. The molecule has 0 amide bonds. The van der Waals surface area contributed by atoms with Gasteiger partial charge in [-0.15, -0.1) is 6.42 Å². The lowest BCUT2D eigenvalue weighted by molar-refractivity contribution is 0.350. The van der Waals surface area contributed by atoms with E-state index in [2.05, 4.69) is 64.8 Å². The predicted molar refractivity (Wildman–Crippen MR) is 143 cm³/mol. The van der Waals surface area contributed by atoms with E-state index in [1.54, 1.807) is 12.4 Å². The normalized spacial score (nSPS) is 15.0. The van der Waals surface area contributed by atoms with E-state index in [0.717, 1.165) is 23.1 Å². The highest BCUT2D eigenvalue weighted by Gasteiger charge is 2.17. The fraction of sp³-hybridized carbons (Fsp3) is 0.500. The Balaban J connectivity index is 0.000000217. The first-order valence-corrected chi connectivity index (χ1v) is 12.9. The van der Waals surface area contributed by atoms with E-state index in [1.807, 2.05) is 5.92 Å². The van der Waals surface area contributed by atoms with Crippen LogP contribution in [0.4, 0.5) is 11.6 Å². The van der Waals surface area contributed by atoms with Gasteiger partial charge in [0.1, 0.15) is 24.8 Å². The molecule has 8 nitrogen and oxygen atoms in total. The zero-order valence-electron chi connectivity index (χ0n) is 19.3. The molecular weight excluding hydrogens is 555 g/mol. The Morgan fingerprint density at radius 2 is 1.37 bits per heavy atom. The van der Waals surface area contributed by atoms with E-state index in [1.165, 1.54) is 38.5 Å². The van der Waals surface area contributed by atoms with E-state index < -0.39 is 0 Å². The molecule has 4 N–H and O–H groups in total. The molecule has 35 heavy (non-hydrogen) atoms. The van der Waals surface area contributed by atoms with Gasteiger partial charge in [-0.05, 0) is 64.8 Å². The lowest BCUT2D eigenvalue weighted by Crippen LogP contribution is -2.16. The van der Waals surface area contributed by atoms with Crippen molar-refractivity contribution in [3.63, 3.8) is 0 Å². The molecular formula is C24H29BrCl2N6O2. The van der Waals surface area contributed by atoms with E-state index in [0.29, 0.717) is 23.5 Å². The average molecular weight is 584 g/mol. The van der Waals surface area contributed by atoms with Crippen molar-refractivity contribution in [2.45, 2.75) is 63.5 Å². The van der Waals surface area contributed by atoms with Crippen LogP contribution in [-0.2, 0) is 0 Å². The molecule has 0 aromatic carbocycles. The second-order valence-electron chi connectivity index (χ2n) is 7.81. The second-order valence-corrected chi connectivity index (χ2v) is 9.34. The van der Waals surface area contributed by atoms with Gasteiger partial charge in [0.2, 0.25) is 10.6 Å². The molecule has 0 radical (unpaired) electrons. The van der Waals surface area contributed by atoms with Crippen LogP contribution in [0.2, 0.25) is 10.6 Å². The Bertz CT molecular complexity index is 1030. The van der Waals surface area contributed by atoms with E-state index >= 15 is 0 Å². The van der Waals surface area contributed by atoms with Crippen LogP contribution in [0.15, 0.2) is 16.9 Å². The van der Waals surface area contributed by atoms with Crippen LogP contribution in [0.3, 0.4) is 0 Å². The predicted octanol–water partition coefficient (Wildman–Crippen LogP) is 4.69. The zero-order chi connectivity index (χ0) is 25.5. The number of terminal acetylenes is 1. The van der Waals surface area contributed by atoms with Crippen LogP contribution in [-0.4, -0.2) is 55.4 Å². The van der Waals surface area contributed by atoms with Gasteiger partial charge in [-0.1, -0.05) is 43.4 Å². The van der Waals surface area contributed by atoms with Crippen molar-refractivity contribution >= 4 is 50.8 Å². The van der Waals surface area contributed by atoms with Crippen molar-refractivity contribution in [1.82, 2.24) is 19.9 Å². The molecule has 2 aromatic heterocycles. The summed E-state index contributed by atoms with van der Waals surface area (Å²) in [5, 5.41) is 23.5. The quantitative estimate of drug-likeness (QED) is 0.303. The van der Waals surface area contributed by atoms with Gasteiger partial charge in [0.05, 0.1) is 10.0 Å². The topological polar surface area (TPSA) is 116 Å². The first-order valence-electron chi connectivity index (χ1n) is 11.3. The van der Waals surface area contributed by atoms with Gasteiger partial charge in [0.25, 0.3) is 0 Å². The highest BCUT2D eigenvalue weighted by Crippen LogP contribution is 2.26. The molecule has 2 fully saturated rings. The number of nitrogens with zero attached hydrogens (tertiary/aromatic N) is 4. The first kappa shape index (κ1) is 29.1. The summed E-state index contributed by atoms with van der Waals surface area (Å²) in [5.41, 5.74) is 0.676. The van der Waals surface area contributed by atoms with Crippen LogP contribution in [0.5, 0.6) is 0 Å². The van der Waals surface area contributed by atoms with Crippen molar-refractivity contribution < 1.29 is 10.2 Å². The van der Waals surface area contributed by atoms with Crippen molar-refractivity contribution in [3.8, 4) is 24.2 Å². The molecule has 2 aliphatic rings. The molecule has 2 aliphatic carbocycles. The molecule has 0 atom stereocenters. The number of anilines is 2. The number of aliphatic hydroxyl groups excluding tert-OH is 2. The summed E-state index contributed by atoms with van der Waals surface area (Å²) in [6.07, 6.45) is 17.6. The molecule has 188 valence electrons. The van der Waals surface area contributed by atoms with E-state index in [4.69, 9.17) is 33.4 Å². The van der Waals surface area contributed by atoms with E-state index in [9.17, 15) is 0 Å². The van der Waals surface area contributed by atoms with Crippen LogP contribution in [0, 0.1) is 24.2 Å². The Morgan fingerprint density at radius 1 is 0.886 bits per heavy atom. The second kappa shape index (κ2) is 16.5. The number of aliphatic hydroxyl groups is 2.